The van der Waals surface area contributed by atoms with E-state index in [9.17, 15) is 19.5 Å². The van der Waals surface area contributed by atoms with Gasteiger partial charge in [0, 0.05) is 55.6 Å². The first kappa shape index (κ1) is 27.8. The van der Waals surface area contributed by atoms with Crippen LogP contribution in [0.3, 0.4) is 0 Å². The molecule has 2 N–H and O–H groups in total. The van der Waals surface area contributed by atoms with Crippen molar-refractivity contribution in [3.63, 3.8) is 0 Å². The highest BCUT2D eigenvalue weighted by Gasteiger charge is 2.70. The summed E-state index contributed by atoms with van der Waals surface area (Å²) in [5, 5.41) is 16.3. The van der Waals surface area contributed by atoms with Gasteiger partial charge in [-0.25, -0.2) is 0 Å². The number of hydrogen-bond acceptors (Lipinski definition) is 6. The summed E-state index contributed by atoms with van der Waals surface area (Å²) in [6, 6.07) is 14.6. The largest absolute Gasteiger partial charge is 0.350 e. The zero-order valence-corrected chi connectivity index (χ0v) is 25.4. The van der Waals surface area contributed by atoms with Crippen LogP contribution in [0.2, 0.25) is 0 Å². The Morgan fingerprint density at radius 1 is 1.11 bits per heavy atom. The lowest BCUT2D eigenvalue weighted by Crippen LogP contribution is -2.71. The molecule has 0 radical (unpaired) electrons. The molecule has 44 heavy (non-hydrogen) atoms. The number of aliphatic hydroxyl groups is 1. The van der Waals surface area contributed by atoms with E-state index in [4.69, 9.17) is 4.74 Å². The van der Waals surface area contributed by atoms with Crippen LogP contribution in [0.1, 0.15) is 48.8 Å². The van der Waals surface area contributed by atoms with E-state index >= 15 is 0 Å². The molecule has 2 unspecified atom stereocenters. The number of rotatable bonds is 4. The molecule has 7 atom stereocenters. The highest BCUT2D eigenvalue weighted by Crippen LogP contribution is 2.47. The van der Waals surface area contributed by atoms with Crippen molar-refractivity contribution in [2.24, 2.45) is 13.0 Å². The van der Waals surface area contributed by atoms with Crippen LogP contribution < -0.4 is 5.32 Å². The van der Waals surface area contributed by atoms with Gasteiger partial charge in [0.25, 0.3) is 11.8 Å². The maximum atomic E-state index is 14.2. The highest BCUT2D eigenvalue weighted by atomic mass is 16.7. The maximum Gasteiger partial charge on any atom is 0.280 e. The van der Waals surface area contributed by atoms with Crippen LogP contribution in [-0.2, 0) is 39.0 Å². The summed E-state index contributed by atoms with van der Waals surface area (Å²) < 4.78 is 8.44. The average Bonchev–Trinajstić information content (AvgIpc) is 3.68. The molecule has 0 spiro atoms. The number of benzene rings is 2. The van der Waals surface area contributed by atoms with E-state index in [0.717, 1.165) is 12.0 Å². The number of likely N-dealkylation sites (N-methyl/N-ethyl adjacent to an activating group) is 1. The number of hydrogen-bond donors (Lipinski definition) is 2. The number of carbonyl (C=O) groups excluding carboxylic acids is 3. The fraction of sp³-hybridized carbons (Fsp3) is 0.500. The first-order valence-corrected chi connectivity index (χ1v) is 15.8. The number of likely N-dealkylation sites (tertiary alicyclic amines) is 1. The van der Waals surface area contributed by atoms with Gasteiger partial charge >= 0.3 is 0 Å². The van der Waals surface area contributed by atoms with Crippen LogP contribution in [0, 0.1) is 5.92 Å². The van der Waals surface area contributed by atoms with E-state index in [-0.39, 0.29) is 36.1 Å². The van der Waals surface area contributed by atoms with E-state index in [1.807, 2.05) is 30.3 Å². The predicted molar refractivity (Wildman–Crippen MR) is 162 cm³/mol. The molecule has 2 aromatic carbocycles. The van der Waals surface area contributed by atoms with Crippen molar-refractivity contribution in [1.82, 2.24) is 24.6 Å². The fourth-order valence-electron chi connectivity index (χ4n) is 8.93. The molecule has 5 heterocycles. The number of piperidine rings is 1. The molecule has 1 aliphatic carbocycles. The Balaban J connectivity index is 1.08. The van der Waals surface area contributed by atoms with E-state index in [0.29, 0.717) is 32.4 Å². The number of ether oxygens (including phenoxy) is 1. The molecule has 4 saturated heterocycles. The number of nitrogens with zero attached hydrogens (tertiary/aromatic N) is 4. The zero-order valence-electron chi connectivity index (χ0n) is 25.4. The minimum Gasteiger partial charge on any atom is -0.350 e. The van der Waals surface area contributed by atoms with Gasteiger partial charge in [0.1, 0.15) is 12.1 Å². The van der Waals surface area contributed by atoms with Crippen molar-refractivity contribution in [1.29, 1.82) is 0 Å². The summed E-state index contributed by atoms with van der Waals surface area (Å²) in [7, 11) is 4.15. The first-order chi connectivity index (χ1) is 21.1. The van der Waals surface area contributed by atoms with Crippen LogP contribution in [0.5, 0.6) is 0 Å². The lowest BCUT2D eigenvalue weighted by Gasteiger charge is -2.48. The molecule has 0 saturated carbocycles. The Bertz CT molecular complexity index is 1690. The predicted octanol–water partition coefficient (Wildman–Crippen LogP) is 2.09. The molecule has 10 nitrogen and oxygen atoms in total. The smallest absolute Gasteiger partial charge is 0.280 e. The topological polar surface area (TPSA) is 107 Å². The second-order valence-electron chi connectivity index (χ2n) is 13.6. The summed E-state index contributed by atoms with van der Waals surface area (Å²) >= 11 is 0. The SMILES string of the molecule is CN1C[C@H](C(=O)N[C@]2(C)O[C@@]3(O)[C@@H]4CCCN4C(=O)[C@H](Cc4ccccc4)N3C2=O)CC2c3cccc4c3c(cn4C)CC21. The Morgan fingerprint density at radius 2 is 1.91 bits per heavy atom. The molecule has 1 aromatic heterocycles. The van der Waals surface area contributed by atoms with Gasteiger partial charge in [0.2, 0.25) is 17.5 Å². The van der Waals surface area contributed by atoms with Gasteiger partial charge in [-0.1, -0.05) is 42.5 Å². The van der Waals surface area contributed by atoms with E-state index < -0.39 is 29.6 Å². The zero-order chi connectivity index (χ0) is 30.5. The van der Waals surface area contributed by atoms with E-state index in [1.165, 1.54) is 33.9 Å². The van der Waals surface area contributed by atoms with Gasteiger partial charge in [0.15, 0.2) is 0 Å². The monoisotopic (exact) mass is 597 g/mol. The minimum atomic E-state index is -2.03. The van der Waals surface area contributed by atoms with Gasteiger partial charge in [-0.2, -0.15) is 0 Å². The lowest BCUT2D eigenvalue weighted by atomic mass is 9.72. The van der Waals surface area contributed by atoms with E-state index in [1.54, 1.807) is 4.90 Å². The van der Waals surface area contributed by atoms with E-state index in [2.05, 4.69) is 53.3 Å². The molecule has 3 aromatic rings. The Labute approximate surface area is 256 Å². The summed E-state index contributed by atoms with van der Waals surface area (Å²) in [6.45, 7) is 2.56. The number of amides is 3. The van der Waals surface area contributed by atoms with Gasteiger partial charge in [-0.15, -0.1) is 0 Å². The van der Waals surface area contributed by atoms with Crippen molar-refractivity contribution in [3.8, 4) is 0 Å². The standard InChI is InChI=1S/C34H39N5O5/c1-33(32(42)39-27(15-20-9-5-4-6-10-20)31(41)38-14-8-13-28(38)34(39,43)44-33)35-30(40)22-16-24-23-11-7-12-25-29(23)21(18-36(25)2)17-26(24)37(3)19-22/h4-7,9-12,18,22,24,26-28,43H,8,13-17,19H2,1-3H3,(H,35,40)/t22-,24?,26?,27+,28+,33-,34+/m1/s1. The third kappa shape index (κ3) is 3.87. The normalized spacial score (nSPS) is 34.7. The maximum absolute atomic E-state index is 14.2. The van der Waals surface area contributed by atoms with Crippen molar-refractivity contribution >= 4 is 28.6 Å². The summed E-state index contributed by atoms with van der Waals surface area (Å²) in [5.41, 5.74) is 2.88. The minimum absolute atomic E-state index is 0.173. The number of piperazine rings is 1. The third-order valence-electron chi connectivity index (χ3n) is 10.9. The lowest BCUT2D eigenvalue weighted by molar-refractivity contribution is -0.315. The molecule has 0 bridgehead atoms. The highest BCUT2D eigenvalue weighted by molar-refractivity contribution is 5.97. The number of aryl methyl sites for hydroxylation is 1. The summed E-state index contributed by atoms with van der Waals surface area (Å²) in [5.74, 6) is -3.30. The summed E-state index contributed by atoms with van der Waals surface area (Å²) in [4.78, 5) is 47.1. The molecule has 3 amide bonds. The third-order valence-corrected chi connectivity index (χ3v) is 10.9. The van der Waals surface area contributed by atoms with Gasteiger partial charge < -0.3 is 24.8 Å². The molecule has 4 fully saturated rings. The Kier molecular flexibility index (Phi) is 6.08. The average molecular weight is 598 g/mol. The second kappa shape index (κ2) is 9.63. The van der Waals surface area contributed by atoms with Crippen molar-refractivity contribution in [2.45, 2.75) is 74.7 Å². The van der Waals surface area contributed by atoms with Crippen molar-refractivity contribution < 1.29 is 24.2 Å². The molecule has 4 aliphatic heterocycles. The summed E-state index contributed by atoms with van der Waals surface area (Å²) in [6.07, 6.45) is 5.27. The number of aromatic nitrogens is 1. The molecule has 8 rings (SSSR count). The van der Waals surface area contributed by atoms with Crippen LogP contribution in [-0.4, -0.2) is 92.0 Å². The van der Waals surface area contributed by atoms with Crippen LogP contribution in [0.15, 0.2) is 54.7 Å². The second-order valence-corrected chi connectivity index (χ2v) is 13.6. The van der Waals surface area contributed by atoms with Crippen LogP contribution in [0.25, 0.3) is 10.9 Å². The quantitative estimate of drug-likeness (QED) is 0.477. The Hall–Kier alpha value is -3.73. The van der Waals surface area contributed by atoms with Gasteiger partial charge in [-0.3, -0.25) is 24.0 Å². The van der Waals surface area contributed by atoms with Gasteiger partial charge in [0.05, 0.1) is 5.92 Å². The van der Waals surface area contributed by atoms with Crippen LogP contribution in [0.4, 0.5) is 0 Å². The van der Waals surface area contributed by atoms with Crippen LogP contribution >= 0.6 is 0 Å². The number of fused-ring (bicyclic) bond motifs is 5. The molecule has 230 valence electrons. The molecule has 5 aliphatic rings. The van der Waals surface area contributed by atoms with Gasteiger partial charge in [-0.05, 0) is 62.4 Å². The fourth-order valence-corrected chi connectivity index (χ4v) is 8.93. The first-order valence-electron chi connectivity index (χ1n) is 15.8. The molecular weight excluding hydrogens is 558 g/mol. The number of nitrogens with one attached hydrogen (secondary N) is 1. The molecule has 10 heteroatoms. The Morgan fingerprint density at radius 3 is 2.70 bits per heavy atom. The molecular formula is C34H39N5O5. The number of carbonyl (C=O) groups is 3. The van der Waals surface area contributed by atoms with Crippen molar-refractivity contribution in [3.05, 3.63) is 71.4 Å². The van der Waals surface area contributed by atoms with Crippen molar-refractivity contribution in [2.75, 3.05) is 20.1 Å².